The molecule has 1 aliphatic heterocycles. The number of allylic oxidation sites excluding steroid dienone is 4. The van der Waals surface area contributed by atoms with E-state index in [2.05, 4.69) is 40.8 Å². The number of hydrogen-bond donors (Lipinski definition) is 1. The second kappa shape index (κ2) is 14.1. The van der Waals surface area contributed by atoms with Crippen LogP contribution in [0.1, 0.15) is 90.1 Å². The minimum Gasteiger partial charge on any atom is -0.444 e. The van der Waals surface area contributed by atoms with E-state index in [0.29, 0.717) is 24.9 Å². The first-order valence-electron chi connectivity index (χ1n) is 14.5. The molecule has 2 N–H and O–H groups in total. The number of benzene rings is 1. The van der Waals surface area contributed by atoms with E-state index in [0.717, 1.165) is 48.6 Å². The van der Waals surface area contributed by atoms with Gasteiger partial charge in [-0.15, -0.1) is 0 Å². The molecule has 1 fully saturated rings. The van der Waals surface area contributed by atoms with Crippen LogP contribution in [0.3, 0.4) is 0 Å². The Hall–Kier alpha value is -2.99. The van der Waals surface area contributed by atoms with Crippen molar-refractivity contribution in [2.24, 2.45) is 11.7 Å². The maximum Gasteiger partial charge on any atom is 0.410 e. The van der Waals surface area contributed by atoms with Gasteiger partial charge in [0.25, 0.3) is 0 Å². The molecule has 1 aromatic heterocycles. The van der Waals surface area contributed by atoms with Gasteiger partial charge in [0.15, 0.2) is 0 Å². The third-order valence-electron chi connectivity index (χ3n) is 7.50. The zero-order chi connectivity index (χ0) is 29.4. The molecule has 2 aromatic rings. The molecular formula is C33H47ClN4O2. The Morgan fingerprint density at radius 2 is 1.93 bits per heavy atom. The van der Waals surface area contributed by atoms with Crippen molar-refractivity contribution in [1.29, 1.82) is 0 Å². The summed E-state index contributed by atoms with van der Waals surface area (Å²) in [5.74, 6) is 1.77. The van der Waals surface area contributed by atoms with Crippen LogP contribution in [0, 0.1) is 12.8 Å². The predicted molar refractivity (Wildman–Crippen MR) is 166 cm³/mol. The molecule has 1 aromatic carbocycles. The lowest BCUT2D eigenvalue weighted by atomic mass is 9.73. The Labute approximate surface area is 245 Å². The molecule has 218 valence electrons. The first-order valence-corrected chi connectivity index (χ1v) is 14.9. The SMILES string of the molecule is CC.CC(=C/N)/C=C1/C/C(Cn2ccnc2C)=C\c2cc(Cl)ccc2C(C2CCN(C(=O)OC(C)(C)C)CC2)C1. The number of aryl methyl sites for hydroxylation is 1. The topological polar surface area (TPSA) is 73.4 Å². The number of ether oxygens (including phenoxy) is 1. The van der Waals surface area contributed by atoms with Gasteiger partial charge in [-0.2, -0.15) is 0 Å². The Morgan fingerprint density at radius 3 is 2.52 bits per heavy atom. The molecule has 1 atom stereocenters. The summed E-state index contributed by atoms with van der Waals surface area (Å²) in [6.45, 7) is 16.0. The van der Waals surface area contributed by atoms with Gasteiger partial charge in [-0.1, -0.05) is 49.2 Å². The summed E-state index contributed by atoms with van der Waals surface area (Å²) in [5, 5.41) is 0.745. The molecule has 6 nitrogen and oxygen atoms in total. The fourth-order valence-corrected chi connectivity index (χ4v) is 5.82. The predicted octanol–water partition coefficient (Wildman–Crippen LogP) is 8.27. The van der Waals surface area contributed by atoms with E-state index in [1.54, 1.807) is 6.20 Å². The highest BCUT2D eigenvalue weighted by molar-refractivity contribution is 6.30. The molecular weight excluding hydrogens is 520 g/mol. The molecule has 0 radical (unpaired) electrons. The van der Waals surface area contributed by atoms with Crippen LogP contribution in [0.4, 0.5) is 4.79 Å². The summed E-state index contributed by atoms with van der Waals surface area (Å²) in [4.78, 5) is 18.9. The van der Waals surface area contributed by atoms with Crippen molar-refractivity contribution in [2.45, 2.75) is 92.2 Å². The number of carbonyl (C=O) groups excluding carboxylic acids is 1. The smallest absolute Gasteiger partial charge is 0.410 e. The fraction of sp³-hybridized carbons (Fsp3) is 0.515. The van der Waals surface area contributed by atoms with Crippen LogP contribution in [0.5, 0.6) is 0 Å². The lowest BCUT2D eigenvalue weighted by Crippen LogP contribution is -2.42. The molecule has 2 heterocycles. The highest BCUT2D eigenvalue weighted by Gasteiger charge is 2.33. The quantitative estimate of drug-likeness (QED) is 0.404. The van der Waals surface area contributed by atoms with Gasteiger partial charge in [0, 0.05) is 37.1 Å². The zero-order valence-corrected chi connectivity index (χ0v) is 26.1. The first-order chi connectivity index (χ1) is 19.0. The molecule has 2 aliphatic rings. The lowest BCUT2D eigenvalue weighted by molar-refractivity contribution is 0.0173. The Bertz CT molecular complexity index is 1240. The monoisotopic (exact) mass is 566 g/mol. The van der Waals surface area contributed by atoms with E-state index < -0.39 is 5.60 Å². The Morgan fingerprint density at radius 1 is 1.23 bits per heavy atom. The van der Waals surface area contributed by atoms with E-state index >= 15 is 0 Å². The number of rotatable bonds is 4. The minimum atomic E-state index is -0.487. The maximum atomic E-state index is 12.7. The Kier molecular flexibility index (Phi) is 11.1. The number of fused-ring (bicyclic) bond motifs is 1. The van der Waals surface area contributed by atoms with Gasteiger partial charge in [0.05, 0.1) is 0 Å². The van der Waals surface area contributed by atoms with Crippen molar-refractivity contribution in [3.05, 3.63) is 81.6 Å². The van der Waals surface area contributed by atoms with Gasteiger partial charge in [-0.3, -0.25) is 0 Å². The van der Waals surface area contributed by atoms with Crippen molar-refractivity contribution in [2.75, 3.05) is 13.1 Å². The zero-order valence-electron chi connectivity index (χ0n) is 25.3. The van der Waals surface area contributed by atoms with Gasteiger partial charge in [0.1, 0.15) is 11.4 Å². The molecule has 1 aliphatic carbocycles. The fourth-order valence-electron chi connectivity index (χ4n) is 5.64. The maximum absolute atomic E-state index is 12.7. The van der Waals surface area contributed by atoms with Crippen molar-refractivity contribution >= 4 is 23.8 Å². The average molecular weight is 567 g/mol. The largest absolute Gasteiger partial charge is 0.444 e. The van der Waals surface area contributed by atoms with E-state index in [4.69, 9.17) is 22.1 Å². The van der Waals surface area contributed by atoms with Crippen molar-refractivity contribution in [3.63, 3.8) is 0 Å². The molecule has 1 amide bonds. The number of imidazole rings is 1. The van der Waals surface area contributed by atoms with Gasteiger partial charge in [-0.05, 0) is 113 Å². The molecule has 0 bridgehead atoms. The van der Waals surface area contributed by atoms with Crippen molar-refractivity contribution < 1.29 is 9.53 Å². The summed E-state index contributed by atoms with van der Waals surface area (Å²) in [6, 6.07) is 6.31. The van der Waals surface area contributed by atoms with Crippen LogP contribution in [0.15, 0.2) is 59.6 Å². The number of piperidine rings is 1. The third kappa shape index (κ3) is 8.50. The highest BCUT2D eigenvalue weighted by atomic mass is 35.5. The van der Waals surface area contributed by atoms with Gasteiger partial charge >= 0.3 is 6.09 Å². The number of likely N-dealkylation sites (tertiary alicyclic amines) is 1. The standard InChI is InChI=1S/C31H41ClN4O2.C2H6/c1-21(19-33)14-23-15-24(20-36-13-10-34-22(36)2)16-26-18-27(32)6-7-28(26)29(17-23)25-8-11-35(12-9-25)30(37)38-31(3,4)5;1-2/h6-7,10,13-14,16,18-19,25,29H,8-9,11-12,15,17,20,33H2,1-5H3;1-2H3/b21-19-,23-14-,24-16+;. The van der Waals surface area contributed by atoms with E-state index in [1.807, 2.05) is 64.9 Å². The summed E-state index contributed by atoms with van der Waals surface area (Å²) in [6.07, 6.45) is 13.6. The molecule has 4 rings (SSSR count). The summed E-state index contributed by atoms with van der Waals surface area (Å²) < 4.78 is 7.82. The van der Waals surface area contributed by atoms with Crippen molar-refractivity contribution in [1.82, 2.24) is 14.5 Å². The number of carbonyl (C=O) groups is 1. The number of nitrogens with two attached hydrogens (primary N) is 1. The molecule has 0 spiro atoms. The summed E-state index contributed by atoms with van der Waals surface area (Å²) in [7, 11) is 0. The van der Waals surface area contributed by atoms with Crippen LogP contribution < -0.4 is 5.73 Å². The molecule has 1 unspecified atom stereocenters. The van der Waals surface area contributed by atoms with E-state index in [-0.39, 0.29) is 6.09 Å². The summed E-state index contributed by atoms with van der Waals surface area (Å²) >= 11 is 6.51. The van der Waals surface area contributed by atoms with Gasteiger partial charge < -0.3 is 19.9 Å². The Balaban J connectivity index is 0.00000216. The van der Waals surface area contributed by atoms with Crippen molar-refractivity contribution in [3.8, 4) is 0 Å². The molecule has 7 heteroatoms. The van der Waals surface area contributed by atoms with Crippen LogP contribution in [0.25, 0.3) is 6.08 Å². The van der Waals surface area contributed by atoms with Gasteiger partial charge in [-0.25, -0.2) is 9.78 Å². The number of hydrogen-bond acceptors (Lipinski definition) is 4. The third-order valence-corrected chi connectivity index (χ3v) is 7.73. The lowest BCUT2D eigenvalue weighted by Gasteiger charge is -2.38. The molecule has 40 heavy (non-hydrogen) atoms. The van der Waals surface area contributed by atoms with Crippen LogP contribution in [-0.4, -0.2) is 39.2 Å². The number of halogens is 1. The number of amides is 1. The van der Waals surface area contributed by atoms with E-state index in [1.165, 1.54) is 22.3 Å². The first kappa shape index (κ1) is 31.5. The molecule has 1 saturated heterocycles. The summed E-state index contributed by atoms with van der Waals surface area (Å²) in [5.41, 5.74) is 11.7. The average Bonchev–Trinajstić information content (AvgIpc) is 3.30. The van der Waals surface area contributed by atoms with Gasteiger partial charge in [0.2, 0.25) is 0 Å². The minimum absolute atomic E-state index is 0.215. The number of aromatic nitrogens is 2. The van der Waals surface area contributed by atoms with Crippen LogP contribution >= 0.6 is 11.6 Å². The second-order valence-electron chi connectivity index (χ2n) is 11.7. The second-order valence-corrected chi connectivity index (χ2v) is 12.1. The highest BCUT2D eigenvalue weighted by Crippen LogP contribution is 2.43. The normalized spacial score (nSPS) is 20.9. The molecule has 0 saturated carbocycles. The van der Waals surface area contributed by atoms with Crippen LogP contribution in [-0.2, 0) is 11.3 Å². The number of nitrogens with zero attached hydrogens (tertiary/aromatic N) is 3. The van der Waals surface area contributed by atoms with Crippen LogP contribution in [0.2, 0.25) is 5.02 Å². The van der Waals surface area contributed by atoms with E-state index in [9.17, 15) is 4.79 Å².